The second-order valence-electron chi connectivity index (χ2n) is 1.34. The van der Waals surface area contributed by atoms with Gasteiger partial charge >= 0.3 is 49.0 Å². The average Bonchev–Trinajstić information content (AvgIpc) is 1.69. The molecule has 0 saturated heterocycles. The number of rotatable bonds is 0. The molecule has 1 nitrogen and oxygen atoms in total. The van der Waals surface area contributed by atoms with Crippen LogP contribution in [0.15, 0.2) is 21.8 Å². The van der Waals surface area contributed by atoms with Gasteiger partial charge in [-0.1, -0.05) is 0 Å². The van der Waals surface area contributed by atoms with E-state index in [1.165, 1.54) is 4.47 Å². The van der Waals surface area contributed by atoms with Gasteiger partial charge in [0.15, 0.2) is 0 Å². The summed E-state index contributed by atoms with van der Waals surface area (Å²) in [7, 11) is 0. The molecule has 0 aromatic carbocycles. The Bertz CT molecular complexity index is 115. The van der Waals surface area contributed by atoms with Gasteiger partial charge in [0.1, 0.15) is 0 Å². The molecular formula is C5H7NSe. The Balaban J connectivity index is 2.50. The number of nitrogens with one attached hydrogen (secondary N) is 1. The Hall–Kier alpha value is -0.201. The molecule has 0 radical (unpaired) electrons. The Morgan fingerprint density at radius 3 is 2.86 bits per heavy atom. The zero-order valence-corrected chi connectivity index (χ0v) is 5.85. The van der Waals surface area contributed by atoms with Gasteiger partial charge in [0.2, 0.25) is 0 Å². The van der Waals surface area contributed by atoms with Crippen LogP contribution in [0.4, 0.5) is 0 Å². The molecule has 0 amide bonds. The van der Waals surface area contributed by atoms with Crippen molar-refractivity contribution in [2.75, 3.05) is 0 Å². The van der Waals surface area contributed by atoms with Gasteiger partial charge in [-0.25, -0.2) is 0 Å². The van der Waals surface area contributed by atoms with E-state index in [0.29, 0.717) is 15.0 Å². The molecule has 1 heterocycles. The number of allylic oxidation sites excluding steroid dienone is 1. The second-order valence-corrected chi connectivity index (χ2v) is 3.76. The van der Waals surface area contributed by atoms with Gasteiger partial charge in [-0.2, -0.15) is 0 Å². The number of hydrogen-bond donors (Lipinski definition) is 1. The fourth-order valence-corrected chi connectivity index (χ4v) is 1.42. The van der Waals surface area contributed by atoms with Crippen molar-refractivity contribution in [3.05, 3.63) is 21.8 Å². The van der Waals surface area contributed by atoms with Gasteiger partial charge in [-0.15, -0.1) is 0 Å². The van der Waals surface area contributed by atoms with E-state index < -0.39 is 0 Å². The summed E-state index contributed by atoms with van der Waals surface area (Å²) in [6, 6.07) is 0. The van der Waals surface area contributed by atoms with Gasteiger partial charge in [-0.3, -0.25) is 0 Å². The normalized spacial score (nSPS) is 18.1. The van der Waals surface area contributed by atoms with E-state index in [1.807, 2.05) is 12.4 Å². The maximum atomic E-state index is 3.01. The van der Waals surface area contributed by atoms with Crippen LogP contribution >= 0.6 is 0 Å². The third kappa shape index (κ3) is 1.38. The zero-order valence-electron chi connectivity index (χ0n) is 4.14. The summed E-state index contributed by atoms with van der Waals surface area (Å²) in [5.41, 5.74) is 0. The molecule has 0 atom stereocenters. The Kier molecular flexibility index (Phi) is 1.55. The summed E-state index contributed by atoms with van der Waals surface area (Å²) in [4.78, 5) is 2.17. The van der Waals surface area contributed by atoms with Crippen molar-refractivity contribution in [3.8, 4) is 0 Å². The molecule has 1 N–H and O–H groups in total. The Labute approximate surface area is 49.6 Å². The fraction of sp³-hybridized carbons (Fsp3) is 0.200. The van der Waals surface area contributed by atoms with E-state index in [1.54, 1.807) is 0 Å². The van der Waals surface area contributed by atoms with Crippen molar-refractivity contribution in [2.45, 2.75) is 6.92 Å². The molecule has 0 bridgehead atoms. The monoisotopic (exact) mass is 161 g/mol. The van der Waals surface area contributed by atoms with E-state index in [2.05, 4.69) is 17.2 Å². The van der Waals surface area contributed by atoms with Crippen LogP contribution < -0.4 is 5.32 Å². The zero-order chi connectivity index (χ0) is 5.11. The van der Waals surface area contributed by atoms with Gasteiger partial charge in [0.05, 0.1) is 0 Å². The molecule has 0 aromatic heterocycles. The van der Waals surface area contributed by atoms with Crippen LogP contribution in [0.2, 0.25) is 0 Å². The second kappa shape index (κ2) is 2.20. The van der Waals surface area contributed by atoms with Crippen molar-refractivity contribution in [1.29, 1.82) is 0 Å². The molecule has 2 heteroatoms. The Morgan fingerprint density at radius 2 is 2.57 bits per heavy atom. The molecular weight excluding hydrogens is 153 g/mol. The van der Waals surface area contributed by atoms with Crippen LogP contribution in [-0.2, 0) is 0 Å². The molecule has 7 heavy (non-hydrogen) atoms. The van der Waals surface area contributed by atoms with Crippen molar-refractivity contribution in [3.63, 3.8) is 0 Å². The fourth-order valence-electron chi connectivity index (χ4n) is 0.380. The predicted molar refractivity (Wildman–Crippen MR) is 31.8 cm³/mol. The van der Waals surface area contributed by atoms with Crippen LogP contribution in [0, 0.1) is 0 Å². The molecule has 0 spiro atoms. The molecule has 0 saturated carbocycles. The van der Waals surface area contributed by atoms with E-state index in [-0.39, 0.29) is 0 Å². The molecule has 1 aliphatic heterocycles. The Morgan fingerprint density at radius 1 is 1.71 bits per heavy atom. The van der Waals surface area contributed by atoms with Crippen molar-refractivity contribution >= 4 is 15.0 Å². The van der Waals surface area contributed by atoms with Crippen molar-refractivity contribution < 1.29 is 0 Å². The SMILES string of the molecule is CC1=CNC=C[Se]1. The molecule has 0 unspecified atom stereocenters. The first-order chi connectivity index (χ1) is 3.39. The minimum atomic E-state index is 0.630. The van der Waals surface area contributed by atoms with E-state index in [9.17, 15) is 0 Å². The molecule has 1 rings (SSSR count). The topological polar surface area (TPSA) is 12.0 Å². The van der Waals surface area contributed by atoms with Crippen LogP contribution in [0.3, 0.4) is 0 Å². The molecule has 0 fully saturated rings. The molecule has 1 aliphatic rings. The quantitative estimate of drug-likeness (QED) is 0.512. The number of hydrogen-bond acceptors (Lipinski definition) is 1. The summed E-state index contributed by atoms with van der Waals surface area (Å²) < 4.78 is 1.45. The maximum absolute atomic E-state index is 3.01. The third-order valence-corrected chi connectivity index (χ3v) is 2.30. The van der Waals surface area contributed by atoms with Crippen molar-refractivity contribution in [2.24, 2.45) is 0 Å². The first-order valence-electron chi connectivity index (χ1n) is 2.14. The van der Waals surface area contributed by atoms with Crippen LogP contribution in [0.1, 0.15) is 6.92 Å². The third-order valence-electron chi connectivity index (χ3n) is 0.705. The van der Waals surface area contributed by atoms with Crippen LogP contribution in [0.5, 0.6) is 0 Å². The summed E-state index contributed by atoms with van der Waals surface area (Å²) in [5, 5.41) is 3.01. The summed E-state index contributed by atoms with van der Waals surface area (Å²) in [6.07, 6.45) is 4.02. The summed E-state index contributed by atoms with van der Waals surface area (Å²) in [6.45, 7) is 2.14. The molecule has 0 aliphatic carbocycles. The first-order valence-corrected chi connectivity index (χ1v) is 3.98. The van der Waals surface area contributed by atoms with E-state index in [0.717, 1.165) is 0 Å². The minimum absolute atomic E-state index is 0.630. The standard InChI is InChI=1S/C5H7NSe/c1-5-4-6-2-3-7-5/h2-4,6H,1H3. The molecule has 38 valence electrons. The van der Waals surface area contributed by atoms with Gasteiger partial charge < -0.3 is 0 Å². The van der Waals surface area contributed by atoms with E-state index >= 15 is 0 Å². The van der Waals surface area contributed by atoms with Crippen molar-refractivity contribution in [1.82, 2.24) is 5.32 Å². The van der Waals surface area contributed by atoms with Crippen LogP contribution in [-0.4, -0.2) is 15.0 Å². The predicted octanol–water partition coefficient (Wildman–Crippen LogP) is 0.626. The van der Waals surface area contributed by atoms with Gasteiger partial charge in [0.25, 0.3) is 0 Å². The van der Waals surface area contributed by atoms with Gasteiger partial charge in [0, 0.05) is 0 Å². The summed E-state index contributed by atoms with van der Waals surface area (Å²) >= 11 is 0.630. The average molecular weight is 160 g/mol. The first kappa shape index (κ1) is 4.95. The van der Waals surface area contributed by atoms with E-state index in [4.69, 9.17) is 0 Å². The van der Waals surface area contributed by atoms with Gasteiger partial charge in [-0.05, 0) is 0 Å². The summed E-state index contributed by atoms with van der Waals surface area (Å²) in [5.74, 6) is 0. The molecule has 0 aromatic rings. The van der Waals surface area contributed by atoms with Crippen LogP contribution in [0.25, 0.3) is 0 Å².